The molecule has 64 valence electrons. The summed E-state index contributed by atoms with van der Waals surface area (Å²) < 4.78 is 0. The molecule has 0 amide bonds. The molecule has 12 heavy (non-hydrogen) atoms. The normalized spacial score (nSPS) is 9.75. The van der Waals surface area contributed by atoms with Crippen molar-refractivity contribution >= 4 is 11.7 Å². The number of carboxylic acids is 1. The highest BCUT2D eigenvalue weighted by molar-refractivity contribution is 5.89. The smallest absolute Gasteiger partial charge is 0.337 e. The van der Waals surface area contributed by atoms with Gasteiger partial charge in [-0.15, -0.1) is 0 Å². The summed E-state index contributed by atoms with van der Waals surface area (Å²) in [6.45, 7) is 1.85. The summed E-state index contributed by atoms with van der Waals surface area (Å²) in [5.41, 5.74) is 6.53. The molecule has 0 bridgehead atoms. The summed E-state index contributed by atoms with van der Waals surface area (Å²) in [4.78, 5) is 14.5. The molecule has 0 aliphatic carbocycles. The van der Waals surface area contributed by atoms with Gasteiger partial charge in [-0.3, -0.25) is 4.98 Å². The van der Waals surface area contributed by atoms with E-state index < -0.39 is 5.97 Å². The minimum absolute atomic E-state index is 0.192. The summed E-state index contributed by atoms with van der Waals surface area (Å²) in [7, 11) is 0. The number of aromatic nitrogens is 1. The van der Waals surface area contributed by atoms with Crippen molar-refractivity contribution in [1.29, 1.82) is 0 Å². The molecular formula is C8H10N2O2. The molecule has 0 radical (unpaired) electrons. The third kappa shape index (κ3) is 1.53. The van der Waals surface area contributed by atoms with E-state index in [4.69, 9.17) is 10.8 Å². The van der Waals surface area contributed by atoms with E-state index in [2.05, 4.69) is 4.98 Å². The van der Waals surface area contributed by atoms with Crippen LogP contribution in [0.1, 0.15) is 23.0 Å². The van der Waals surface area contributed by atoms with Crippen LogP contribution in [0, 0.1) is 0 Å². The standard InChI is InChI=1S/C8H10N2O2/c1-2-7-6(8(11)12)3-5(9)4-10-7/h3-4H,2,9H2,1H3,(H,11,12). The zero-order chi connectivity index (χ0) is 9.14. The minimum atomic E-state index is -0.980. The van der Waals surface area contributed by atoms with Gasteiger partial charge in [0.2, 0.25) is 0 Å². The Labute approximate surface area is 70.0 Å². The van der Waals surface area contributed by atoms with Gasteiger partial charge >= 0.3 is 5.97 Å². The van der Waals surface area contributed by atoms with Gasteiger partial charge in [0.05, 0.1) is 23.1 Å². The first kappa shape index (κ1) is 8.52. The van der Waals surface area contributed by atoms with Crippen LogP contribution in [-0.4, -0.2) is 16.1 Å². The lowest BCUT2D eigenvalue weighted by molar-refractivity contribution is 0.0695. The molecule has 0 saturated carbocycles. The number of nitrogens with two attached hydrogens (primary N) is 1. The lowest BCUT2D eigenvalue weighted by atomic mass is 10.1. The van der Waals surface area contributed by atoms with E-state index in [1.807, 2.05) is 6.92 Å². The second-order valence-corrected chi connectivity index (χ2v) is 2.42. The topological polar surface area (TPSA) is 76.2 Å². The van der Waals surface area contributed by atoms with Crippen molar-refractivity contribution in [2.24, 2.45) is 0 Å². The maximum atomic E-state index is 10.6. The Hall–Kier alpha value is -1.58. The number of pyridine rings is 1. The number of aromatic carboxylic acids is 1. The number of rotatable bonds is 2. The highest BCUT2D eigenvalue weighted by Crippen LogP contribution is 2.10. The van der Waals surface area contributed by atoms with Gasteiger partial charge < -0.3 is 10.8 Å². The average molecular weight is 166 g/mol. The Morgan fingerprint density at radius 2 is 2.42 bits per heavy atom. The van der Waals surface area contributed by atoms with Crippen molar-refractivity contribution < 1.29 is 9.90 Å². The summed E-state index contributed by atoms with van der Waals surface area (Å²) in [5, 5.41) is 8.73. The first-order chi connectivity index (χ1) is 5.65. The van der Waals surface area contributed by atoms with Crippen molar-refractivity contribution in [2.75, 3.05) is 5.73 Å². The van der Waals surface area contributed by atoms with Crippen LogP contribution in [0.4, 0.5) is 5.69 Å². The molecule has 1 rings (SSSR count). The van der Waals surface area contributed by atoms with Gasteiger partial charge in [0.15, 0.2) is 0 Å². The van der Waals surface area contributed by atoms with E-state index in [1.165, 1.54) is 12.3 Å². The maximum absolute atomic E-state index is 10.6. The van der Waals surface area contributed by atoms with Crippen LogP contribution >= 0.6 is 0 Å². The molecule has 1 aromatic heterocycles. The molecule has 0 atom stereocenters. The number of carbonyl (C=O) groups is 1. The third-order valence-corrected chi connectivity index (χ3v) is 1.56. The lowest BCUT2D eigenvalue weighted by Crippen LogP contribution is -2.05. The van der Waals surface area contributed by atoms with Crippen molar-refractivity contribution in [3.63, 3.8) is 0 Å². The fourth-order valence-electron chi connectivity index (χ4n) is 0.976. The van der Waals surface area contributed by atoms with Crippen LogP contribution in [0.5, 0.6) is 0 Å². The van der Waals surface area contributed by atoms with Crippen LogP contribution in [0.3, 0.4) is 0 Å². The molecule has 0 aliphatic heterocycles. The molecule has 0 spiro atoms. The van der Waals surface area contributed by atoms with Crippen LogP contribution < -0.4 is 5.73 Å². The Bertz CT molecular complexity index is 310. The molecule has 4 heteroatoms. The second kappa shape index (κ2) is 3.21. The van der Waals surface area contributed by atoms with Gasteiger partial charge in [0.25, 0.3) is 0 Å². The van der Waals surface area contributed by atoms with Gasteiger partial charge in [-0.05, 0) is 12.5 Å². The quantitative estimate of drug-likeness (QED) is 0.685. The highest BCUT2D eigenvalue weighted by atomic mass is 16.4. The zero-order valence-corrected chi connectivity index (χ0v) is 6.74. The van der Waals surface area contributed by atoms with Crippen LogP contribution in [0.2, 0.25) is 0 Å². The number of anilines is 1. The number of nitrogens with zero attached hydrogens (tertiary/aromatic N) is 1. The van der Waals surface area contributed by atoms with Crippen LogP contribution in [0.25, 0.3) is 0 Å². The average Bonchev–Trinajstić information content (AvgIpc) is 2.04. The molecule has 0 unspecified atom stereocenters. The fourth-order valence-corrected chi connectivity index (χ4v) is 0.976. The van der Waals surface area contributed by atoms with Gasteiger partial charge in [0, 0.05) is 0 Å². The number of hydrogen-bond acceptors (Lipinski definition) is 3. The first-order valence-electron chi connectivity index (χ1n) is 3.62. The number of hydrogen-bond donors (Lipinski definition) is 2. The number of nitrogen functional groups attached to an aromatic ring is 1. The van der Waals surface area contributed by atoms with Crippen LogP contribution in [0.15, 0.2) is 12.3 Å². The molecular weight excluding hydrogens is 156 g/mol. The Kier molecular flexibility index (Phi) is 2.28. The fraction of sp³-hybridized carbons (Fsp3) is 0.250. The van der Waals surface area contributed by atoms with Crippen molar-refractivity contribution in [1.82, 2.24) is 4.98 Å². The summed E-state index contributed by atoms with van der Waals surface area (Å²) in [6.07, 6.45) is 2.06. The Balaban J connectivity index is 3.21. The molecule has 0 aliphatic rings. The second-order valence-electron chi connectivity index (χ2n) is 2.42. The Morgan fingerprint density at radius 1 is 1.75 bits per heavy atom. The predicted octanol–water partition coefficient (Wildman–Crippen LogP) is 0.924. The molecule has 0 fully saturated rings. The highest BCUT2D eigenvalue weighted by Gasteiger charge is 2.09. The van der Waals surface area contributed by atoms with Gasteiger partial charge in [0.1, 0.15) is 0 Å². The van der Waals surface area contributed by atoms with Crippen molar-refractivity contribution in [3.05, 3.63) is 23.5 Å². The van der Waals surface area contributed by atoms with E-state index in [9.17, 15) is 4.79 Å². The summed E-state index contributed by atoms with van der Waals surface area (Å²) in [6, 6.07) is 1.42. The monoisotopic (exact) mass is 166 g/mol. The van der Waals surface area contributed by atoms with Gasteiger partial charge in [-0.25, -0.2) is 4.79 Å². The maximum Gasteiger partial charge on any atom is 0.337 e. The lowest BCUT2D eigenvalue weighted by Gasteiger charge is -2.02. The molecule has 4 nitrogen and oxygen atoms in total. The van der Waals surface area contributed by atoms with Crippen molar-refractivity contribution in [3.8, 4) is 0 Å². The van der Waals surface area contributed by atoms with Gasteiger partial charge in [-0.2, -0.15) is 0 Å². The third-order valence-electron chi connectivity index (χ3n) is 1.56. The molecule has 3 N–H and O–H groups in total. The largest absolute Gasteiger partial charge is 0.478 e. The first-order valence-corrected chi connectivity index (χ1v) is 3.62. The van der Waals surface area contributed by atoms with E-state index in [0.29, 0.717) is 17.8 Å². The predicted molar refractivity (Wildman–Crippen MR) is 45.0 cm³/mol. The van der Waals surface area contributed by atoms with E-state index in [-0.39, 0.29) is 5.56 Å². The Morgan fingerprint density at radius 3 is 2.92 bits per heavy atom. The summed E-state index contributed by atoms with van der Waals surface area (Å²) in [5.74, 6) is -0.980. The van der Waals surface area contributed by atoms with E-state index >= 15 is 0 Å². The molecule has 1 heterocycles. The zero-order valence-electron chi connectivity index (χ0n) is 6.74. The van der Waals surface area contributed by atoms with E-state index in [0.717, 1.165) is 0 Å². The summed E-state index contributed by atoms with van der Waals surface area (Å²) >= 11 is 0. The van der Waals surface area contributed by atoms with E-state index in [1.54, 1.807) is 0 Å². The van der Waals surface area contributed by atoms with Crippen molar-refractivity contribution in [2.45, 2.75) is 13.3 Å². The molecule has 0 saturated heterocycles. The SMILES string of the molecule is CCc1ncc(N)cc1C(=O)O. The molecule has 1 aromatic rings. The number of carboxylic acid groups (broad SMARTS) is 1. The van der Waals surface area contributed by atoms with Gasteiger partial charge in [-0.1, -0.05) is 6.92 Å². The number of aryl methyl sites for hydroxylation is 1. The minimum Gasteiger partial charge on any atom is -0.478 e. The molecule has 0 aromatic carbocycles. The van der Waals surface area contributed by atoms with Crippen LogP contribution in [-0.2, 0) is 6.42 Å².